The summed E-state index contributed by atoms with van der Waals surface area (Å²) in [5.74, 6) is 0.524. The molecule has 5 nitrogen and oxygen atoms in total. The molecule has 1 amide bonds. The van der Waals surface area contributed by atoms with Crippen molar-refractivity contribution in [1.82, 2.24) is 15.1 Å². The molecule has 1 aromatic carbocycles. The van der Waals surface area contributed by atoms with Crippen molar-refractivity contribution in [2.24, 2.45) is 5.92 Å². The molecule has 0 spiro atoms. The molecule has 1 heterocycles. The molecular formula is C15H18N4O. The van der Waals surface area contributed by atoms with E-state index in [9.17, 15) is 4.79 Å². The predicted molar refractivity (Wildman–Crippen MR) is 77.7 cm³/mol. The lowest BCUT2D eigenvalue weighted by Crippen LogP contribution is -2.32. The SMILES string of the molecule is Nc1ccccc1-n1ccc(C(=O)NCC2CCC2)n1. The third-order valence-electron chi connectivity index (χ3n) is 3.78. The number of carbonyl (C=O) groups is 1. The predicted octanol–water partition coefficient (Wildman–Crippen LogP) is 1.98. The van der Waals surface area contributed by atoms with Gasteiger partial charge in [-0.2, -0.15) is 5.10 Å². The normalized spacial score (nSPS) is 14.8. The molecule has 1 saturated carbocycles. The van der Waals surface area contributed by atoms with Gasteiger partial charge in [-0.1, -0.05) is 18.6 Å². The van der Waals surface area contributed by atoms with Crippen molar-refractivity contribution in [1.29, 1.82) is 0 Å². The number of nitrogen functional groups attached to an aromatic ring is 1. The minimum Gasteiger partial charge on any atom is -0.397 e. The van der Waals surface area contributed by atoms with Crippen LogP contribution >= 0.6 is 0 Å². The van der Waals surface area contributed by atoms with Crippen LogP contribution in [0.3, 0.4) is 0 Å². The molecule has 0 aliphatic heterocycles. The summed E-state index contributed by atoms with van der Waals surface area (Å²) in [6.07, 6.45) is 5.47. The van der Waals surface area contributed by atoms with Crippen LogP contribution in [-0.2, 0) is 0 Å². The fraction of sp³-hybridized carbons (Fsp3) is 0.333. The molecule has 0 radical (unpaired) electrons. The molecule has 0 unspecified atom stereocenters. The van der Waals surface area contributed by atoms with E-state index in [2.05, 4.69) is 10.4 Å². The Hall–Kier alpha value is -2.30. The minimum atomic E-state index is -0.120. The zero-order chi connectivity index (χ0) is 13.9. The number of nitrogens with two attached hydrogens (primary N) is 1. The largest absolute Gasteiger partial charge is 0.397 e. The fourth-order valence-corrected chi connectivity index (χ4v) is 2.30. The average molecular weight is 270 g/mol. The number of benzene rings is 1. The first-order valence-electron chi connectivity index (χ1n) is 6.93. The van der Waals surface area contributed by atoms with Crippen molar-refractivity contribution in [3.63, 3.8) is 0 Å². The van der Waals surface area contributed by atoms with Gasteiger partial charge in [-0.25, -0.2) is 4.68 Å². The molecule has 3 rings (SSSR count). The van der Waals surface area contributed by atoms with E-state index in [0.29, 0.717) is 17.3 Å². The van der Waals surface area contributed by atoms with Gasteiger partial charge in [0, 0.05) is 12.7 Å². The summed E-state index contributed by atoms with van der Waals surface area (Å²) in [7, 11) is 0. The molecule has 0 saturated heterocycles. The fourth-order valence-electron chi connectivity index (χ4n) is 2.30. The van der Waals surface area contributed by atoms with E-state index >= 15 is 0 Å². The number of nitrogens with zero attached hydrogens (tertiary/aromatic N) is 2. The van der Waals surface area contributed by atoms with Crippen LogP contribution in [0, 0.1) is 5.92 Å². The van der Waals surface area contributed by atoms with Gasteiger partial charge in [0.15, 0.2) is 5.69 Å². The highest BCUT2D eigenvalue weighted by Crippen LogP contribution is 2.25. The van der Waals surface area contributed by atoms with Crippen molar-refractivity contribution in [2.75, 3.05) is 12.3 Å². The highest BCUT2D eigenvalue weighted by atomic mass is 16.1. The Balaban J connectivity index is 1.69. The van der Waals surface area contributed by atoms with Gasteiger partial charge in [0.1, 0.15) is 0 Å². The number of aromatic nitrogens is 2. The van der Waals surface area contributed by atoms with Gasteiger partial charge < -0.3 is 11.1 Å². The van der Waals surface area contributed by atoms with E-state index in [-0.39, 0.29) is 5.91 Å². The third kappa shape index (κ3) is 2.52. The summed E-state index contributed by atoms with van der Waals surface area (Å²) >= 11 is 0. The van der Waals surface area contributed by atoms with Crippen LogP contribution in [0.5, 0.6) is 0 Å². The maximum Gasteiger partial charge on any atom is 0.271 e. The van der Waals surface area contributed by atoms with Crippen molar-refractivity contribution >= 4 is 11.6 Å². The Kier molecular flexibility index (Phi) is 3.41. The Morgan fingerprint density at radius 3 is 2.85 bits per heavy atom. The Labute approximate surface area is 117 Å². The van der Waals surface area contributed by atoms with Crippen LogP contribution in [0.15, 0.2) is 36.5 Å². The Morgan fingerprint density at radius 2 is 2.15 bits per heavy atom. The lowest BCUT2D eigenvalue weighted by Gasteiger charge is -2.25. The van der Waals surface area contributed by atoms with Gasteiger partial charge in [-0.3, -0.25) is 4.79 Å². The highest BCUT2D eigenvalue weighted by Gasteiger charge is 2.19. The molecule has 1 fully saturated rings. The van der Waals surface area contributed by atoms with Gasteiger partial charge in [0.2, 0.25) is 0 Å². The van der Waals surface area contributed by atoms with Crippen LogP contribution in [0.2, 0.25) is 0 Å². The zero-order valence-corrected chi connectivity index (χ0v) is 11.2. The van der Waals surface area contributed by atoms with Gasteiger partial charge in [0.05, 0.1) is 11.4 Å². The number of amides is 1. The second-order valence-electron chi connectivity index (χ2n) is 5.21. The van der Waals surface area contributed by atoms with E-state index in [0.717, 1.165) is 12.2 Å². The summed E-state index contributed by atoms with van der Waals surface area (Å²) in [6, 6.07) is 9.16. The summed E-state index contributed by atoms with van der Waals surface area (Å²) in [5.41, 5.74) is 7.74. The third-order valence-corrected chi connectivity index (χ3v) is 3.78. The molecule has 5 heteroatoms. The summed E-state index contributed by atoms with van der Waals surface area (Å²) in [4.78, 5) is 12.0. The van der Waals surface area contributed by atoms with Gasteiger partial charge >= 0.3 is 0 Å². The van der Waals surface area contributed by atoms with E-state index in [4.69, 9.17) is 5.73 Å². The topological polar surface area (TPSA) is 72.9 Å². The number of hydrogen-bond donors (Lipinski definition) is 2. The number of anilines is 1. The molecule has 2 aromatic rings. The minimum absolute atomic E-state index is 0.120. The maximum atomic E-state index is 12.0. The first kappa shape index (κ1) is 12.7. The highest BCUT2D eigenvalue weighted by molar-refractivity contribution is 5.92. The summed E-state index contributed by atoms with van der Waals surface area (Å²) < 4.78 is 1.63. The lowest BCUT2D eigenvalue weighted by molar-refractivity contribution is 0.0933. The monoisotopic (exact) mass is 270 g/mol. The molecular weight excluding hydrogens is 252 g/mol. The van der Waals surface area contributed by atoms with E-state index in [1.165, 1.54) is 19.3 Å². The molecule has 20 heavy (non-hydrogen) atoms. The summed E-state index contributed by atoms with van der Waals surface area (Å²) in [5, 5.41) is 7.22. The van der Waals surface area contributed by atoms with Gasteiger partial charge in [-0.15, -0.1) is 0 Å². The van der Waals surface area contributed by atoms with Gasteiger partial charge in [-0.05, 0) is 37.0 Å². The number of hydrogen-bond acceptors (Lipinski definition) is 3. The van der Waals surface area contributed by atoms with Gasteiger partial charge in [0.25, 0.3) is 5.91 Å². The van der Waals surface area contributed by atoms with Crippen molar-refractivity contribution in [3.8, 4) is 5.69 Å². The number of carbonyl (C=O) groups excluding carboxylic acids is 1. The number of rotatable bonds is 4. The summed E-state index contributed by atoms with van der Waals surface area (Å²) in [6.45, 7) is 0.749. The number of para-hydroxylation sites is 2. The standard InChI is InChI=1S/C15H18N4O/c16-12-6-1-2-7-14(12)19-9-8-13(18-19)15(20)17-10-11-4-3-5-11/h1-2,6-9,11H,3-5,10,16H2,(H,17,20). The van der Waals surface area contributed by atoms with Crippen LogP contribution in [0.1, 0.15) is 29.8 Å². The first-order chi connectivity index (χ1) is 9.74. The van der Waals surface area contributed by atoms with Crippen molar-refractivity contribution < 1.29 is 4.79 Å². The van der Waals surface area contributed by atoms with Crippen LogP contribution in [0.4, 0.5) is 5.69 Å². The van der Waals surface area contributed by atoms with Crippen LogP contribution in [0.25, 0.3) is 5.69 Å². The Bertz CT molecular complexity index is 616. The first-order valence-corrected chi connectivity index (χ1v) is 6.93. The molecule has 104 valence electrons. The molecule has 0 atom stereocenters. The second-order valence-corrected chi connectivity index (χ2v) is 5.21. The quantitative estimate of drug-likeness (QED) is 0.834. The molecule has 1 aliphatic carbocycles. The average Bonchev–Trinajstić information content (AvgIpc) is 2.87. The van der Waals surface area contributed by atoms with E-state index in [1.54, 1.807) is 16.9 Å². The molecule has 0 bridgehead atoms. The molecule has 1 aromatic heterocycles. The Morgan fingerprint density at radius 1 is 1.35 bits per heavy atom. The lowest BCUT2D eigenvalue weighted by atomic mass is 9.85. The van der Waals surface area contributed by atoms with Crippen LogP contribution < -0.4 is 11.1 Å². The zero-order valence-electron chi connectivity index (χ0n) is 11.2. The van der Waals surface area contributed by atoms with E-state index in [1.807, 2.05) is 24.3 Å². The molecule has 3 N–H and O–H groups in total. The number of nitrogens with one attached hydrogen (secondary N) is 1. The van der Waals surface area contributed by atoms with E-state index < -0.39 is 0 Å². The second kappa shape index (κ2) is 5.36. The van der Waals surface area contributed by atoms with Crippen molar-refractivity contribution in [2.45, 2.75) is 19.3 Å². The maximum absolute atomic E-state index is 12.0. The molecule has 1 aliphatic rings. The van der Waals surface area contributed by atoms with Crippen LogP contribution in [-0.4, -0.2) is 22.2 Å². The smallest absolute Gasteiger partial charge is 0.271 e. The van der Waals surface area contributed by atoms with Crippen molar-refractivity contribution in [3.05, 3.63) is 42.2 Å².